The fourth-order valence-corrected chi connectivity index (χ4v) is 3.19. The second-order valence-corrected chi connectivity index (χ2v) is 7.26. The van der Waals surface area contributed by atoms with Gasteiger partial charge in [-0.3, -0.25) is 9.59 Å². The number of hydrogen-bond acceptors (Lipinski definition) is 5. The van der Waals surface area contributed by atoms with E-state index in [0.717, 1.165) is 11.1 Å². The molecule has 2 aromatic carbocycles. The summed E-state index contributed by atoms with van der Waals surface area (Å²) >= 11 is 0. The Balaban J connectivity index is 1.67. The molecule has 0 spiro atoms. The van der Waals surface area contributed by atoms with Crippen LogP contribution in [0, 0.1) is 13.8 Å². The van der Waals surface area contributed by atoms with Crippen LogP contribution in [0.2, 0.25) is 0 Å². The lowest BCUT2D eigenvalue weighted by molar-refractivity contribution is -0.133. The number of likely N-dealkylation sites (N-methyl/N-ethyl adjacent to an activating group) is 1. The molecule has 0 saturated heterocycles. The number of rotatable bonds is 6. The number of aryl methyl sites for hydroxylation is 3. The van der Waals surface area contributed by atoms with E-state index in [1.807, 2.05) is 38.1 Å². The average molecular weight is 407 g/mol. The molecule has 1 amide bonds. The first-order chi connectivity index (χ1) is 14.3. The molecule has 1 aromatic heterocycles. The topological polar surface area (TPSA) is 81.5 Å². The third-order valence-electron chi connectivity index (χ3n) is 4.95. The Hall–Kier alpha value is -3.48. The van der Waals surface area contributed by atoms with Crippen molar-refractivity contribution in [3.05, 3.63) is 75.2 Å². The van der Waals surface area contributed by atoms with Crippen LogP contribution < -0.4 is 5.56 Å². The number of carbonyl (C=O) groups excluding carboxylic acids is 2. The van der Waals surface area contributed by atoms with Gasteiger partial charge in [0.2, 0.25) is 0 Å². The fourth-order valence-electron chi connectivity index (χ4n) is 3.19. The Bertz CT molecular complexity index is 1150. The minimum atomic E-state index is -0.609. The molecule has 3 aromatic rings. The predicted molar refractivity (Wildman–Crippen MR) is 114 cm³/mol. The van der Waals surface area contributed by atoms with Crippen molar-refractivity contribution < 1.29 is 14.3 Å². The van der Waals surface area contributed by atoms with Crippen molar-refractivity contribution in [1.82, 2.24) is 14.5 Å². The van der Waals surface area contributed by atoms with Crippen LogP contribution >= 0.6 is 0 Å². The molecule has 156 valence electrons. The normalized spacial score (nSPS) is 10.8. The van der Waals surface area contributed by atoms with Crippen LogP contribution in [0.4, 0.5) is 0 Å². The number of aromatic nitrogens is 2. The van der Waals surface area contributed by atoms with E-state index in [9.17, 15) is 14.4 Å². The first kappa shape index (κ1) is 21.2. The van der Waals surface area contributed by atoms with Crippen molar-refractivity contribution in [2.24, 2.45) is 0 Å². The first-order valence-electron chi connectivity index (χ1n) is 9.78. The molecule has 3 rings (SSSR count). The molecule has 0 aliphatic heterocycles. The molecule has 0 aliphatic carbocycles. The van der Waals surface area contributed by atoms with Crippen LogP contribution in [0.25, 0.3) is 11.0 Å². The Morgan fingerprint density at radius 2 is 1.80 bits per heavy atom. The Morgan fingerprint density at radius 3 is 2.47 bits per heavy atom. The molecule has 0 N–H and O–H groups in total. The SMILES string of the molecule is CCn1c(=O)c(C)nc2cc(C(=O)OCC(=O)N(C)Cc3ccc(C)cc3)ccc21. The third-order valence-corrected chi connectivity index (χ3v) is 4.95. The van der Waals surface area contributed by atoms with Gasteiger partial charge in [0.05, 0.1) is 16.6 Å². The smallest absolute Gasteiger partial charge is 0.338 e. The molecule has 7 heteroatoms. The van der Waals surface area contributed by atoms with Crippen LogP contribution in [0.3, 0.4) is 0 Å². The summed E-state index contributed by atoms with van der Waals surface area (Å²) in [4.78, 5) is 42.7. The zero-order valence-electron chi connectivity index (χ0n) is 17.6. The van der Waals surface area contributed by atoms with Gasteiger partial charge in [-0.2, -0.15) is 0 Å². The van der Waals surface area contributed by atoms with Crippen molar-refractivity contribution in [3.63, 3.8) is 0 Å². The Kier molecular flexibility index (Phi) is 6.30. The maximum atomic E-state index is 12.4. The summed E-state index contributed by atoms with van der Waals surface area (Å²) in [5.74, 6) is -0.902. The number of hydrogen-bond donors (Lipinski definition) is 0. The molecular weight excluding hydrogens is 382 g/mol. The number of nitrogens with zero attached hydrogens (tertiary/aromatic N) is 3. The van der Waals surface area contributed by atoms with E-state index in [2.05, 4.69) is 4.98 Å². The van der Waals surface area contributed by atoms with Crippen LogP contribution in [0.15, 0.2) is 47.3 Å². The van der Waals surface area contributed by atoms with Crippen molar-refractivity contribution >= 4 is 22.9 Å². The highest BCUT2D eigenvalue weighted by atomic mass is 16.5. The van der Waals surface area contributed by atoms with Gasteiger partial charge in [0.1, 0.15) is 5.69 Å². The molecule has 0 saturated carbocycles. The molecule has 0 radical (unpaired) electrons. The van der Waals surface area contributed by atoms with Gasteiger partial charge in [0, 0.05) is 20.1 Å². The third kappa shape index (κ3) is 4.56. The summed E-state index contributed by atoms with van der Waals surface area (Å²) in [6.07, 6.45) is 0. The lowest BCUT2D eigenvalue weighted by atomic mass is 10.1. The maximum absolute atomic E-state index is 12.4. The molecule has 30 heavy (non-hydrogen) atoms. The van der Waals surface area contributed by atoms with Crippen LogP contribution in [-0.2, 0) is 22.6 Å². The van der Waals surface area contributed by atoms with E-state index in [1.54, 1.807) is 36.7 Å². The average Bonchev–Trinajstić information content (AvgIpc) is 2.74. The standard InChI is InChI=1S/C23H25N3O4/c1-5-26-20-11-10-18(12-19(20)24-16(3)22(26)28)23(29)30-14-21(27)25(4)13-17-8-6-15(2)7-9-17/h6-12H,5,13-14H2,1-4H3. The van der Waals surface area contributed by atoms with Crippen molar-refractivity contribution in [2.45, 2.75) is 33.9 Å². The summed E-state index contributed by atoms with van der Waals surface area (Å²) in [5, 5.41) is 0. The summed E-state index contributed by atoms with van der Waals surface area (Å²) in [6, 6.07) is 12.7. The van der Waals surface area contributed by atoms with Gasteiger partial charge in [-0.25, -0.2) is 9.78 Å². The molecule has 1 heterocycles. The Morgan fingerprint density at radius 1 is 1.10 bits per heavy atom. The van der Waals surface area contributed by atoms with Gasteiger partial charge in [-0.1, -0.05) is 29.8 Å². The molecule has 0 aliphatic rings. The second kappa shape index (κ2) is 8.90. The highest BCUT2D eigenvalue weighted by Crippen LogP contribution is 2.14. The summed E-state index contributed by atoms with van der Waals surface area (Å²) in [7, 11) is 1.67. The minimum absolute atomic E-state index is 0.150. The first-order valence-corrected chi connectivity index (χ1v) is 9.78. The number of amides is 1. The van der Waals surface area contributed by atoms with E-state index in [1.165, 1.54) is 4.90 Å². The number of esters is 1. The second-order valence-electron chi connectivity index (χ2n) is 7.26. The molecule has 0 atom stereocenters. The maximum Gasteiger partial charge on any atom is 0.338 e. The predicted octanol–water partition coefficient (Wildman–Crippen LogP) is 2.85. The summed E-state index contributed by atoms with van der Waals surface area (Å²) in [5.41, 5.74) is 3.83. The van der Waals surface area contributed by atoms with E-state index < -0.39 is 5.97 Å². The van der Waals surface area contributed by atoms with Gasteiger partial charge in [-0.15, -0.1) is 0 Å². The molecule has 0 fully saturated rings. The quantitative estimate of drug-likeness (QED) is 0.587. The zero-order valence-corrected chi connectivity index (χ0v) is 17.6. The van der Waals surface area contributed by atoms with Crippen LogP contribution in [0.5, 0.6) is 0 Å². The number of benzene rings is 2. The van der Waals surface area contributed by atoms with Gasteiger partial charge in [-0.05, 0) is 44.5 Å². The van der Waals surface area contributed by atoms with Gasteiger partial charge in [0.25, 0.3) is 11.5 Å². The highest BCUT2D eigenvalue weighted by Gasteiger charge is 2.16. The van der Waals surface area contributed by atoms with Crippen molar-refractivity contribution in [3.8, 4) is 0 Å². The number of fused-ring (bicyclic) bond motifs is 1. The van der Waals surface area contributed by atoms with Crippen LogP contribution in [-0.4, -0.2) is 40.0 Å². The Labute approximate surface area is 174 Å². The van der Waals surface area contributed by atoms with E-state index >= 15 is 0 Å². The van der Waals surface area contributed by atoms with Gasteiger partial charge in [0.15, 0.2) is 6.61 Å². The molecule has 0 bridgehead atoms. The molecule has 7 nitrogen and oxygen atoms in total. The number of ether oxygens (including phenoxy) is 1. The lowest BCUT2D eigenvalue weighted by Gasteiger charge is -2.17. The van der Waals surface area contributed by atoms with E-state index in [4.69, 9.17) is 4.74 Å². The lowest BCUT2D eigenvalue weighted by Crippen LogP contribution is -2.30. The summed E-state index contributed by atoms with van der Waals surface area (Å²) in [6.45, 7) is 6.11. The largest absolute Gasteiger partial charge is 0.452 e. The minimum Gasteiger partial charge on any atom is -0.452 e. The van der Waals surface area contributed by atoms with Crippen molar-refractivity contribution in [2.75, 3.05) is 13.7 Å². The highest BCUT2D eigenvalue weighted by molar-refractivity contribution is 5.94. The van der Waals surface area contributed by atoms with Crippen molar-refractivity contribution in [1.29, 1.82) is 0 Å². The van der Waals surface area contributed by atoms with E-state index in [0.29, 0.717) is 29.8 Å². The van der Waals surface area contributed by atoms with Crippen LogP contribution in [0.1, 0.15) is 34.1 Å². The zero-order chi connectivity index (χ0) is 21.8. The number of carbonyl (C=O) groups is 2. The molecule has 0 unspecified atom stereocenters. The fraction of sp³-hybridized carbons (Fsp3) is 0.304. The molecular formula is C23H25N3O4. The van der Waals surface area contributed by atoms with Gasteiger partial charge >= 0.3 is 5.97 Å². The van der Waals surface area contributed by atoms with Gasteiger partial charge < -0.3 is 14.2 Å². The summed E-state index contributed by atoms with van der Waals surface area (Å²) < 4.78 is 6.81. The van der Waals surface area contributed by atoms with E-state index in [-0.39, 0.29) is 23.6 Å². The monoisotopic (exact) mass is 407 g/mol.